The molecule has 3 nitrogen and oxygen atoms in total. The van der Waals surface area contributed by atoms with Crippen LogP contribution in [0.25, 0.3) is 10.9 Å². The van der Waals surface area contributed by atoms with Crippen LogP contribution >= 0.6 is 0 Å². The lowest BCUT2D eigenvalue weighted by Crippen LogP contribution is -2.18. The Morgan fingerprint density at radius 2 is 1.67 bits per heavy atom. The third kappa shape index (κ3) is 1.76. The molecule has 2 rings (SSSR count). The second-order valence-corrected chi connectivity index (χ2v) is 4.70. The highest BCUT2D eigenvalue weighted by Crippen LogP contribution is 2.28. The lowest BCUT2D eigenvalue weighted by atomic mass is 9.94. The van der Waals surface area contributed by atoms with Gasteiger partial charge in [-0.15, -0.1) is 0 Å². The molecule has 1 aromatic heterocycles. The van der Waals surface area contributed by atoms with Crippen molar-refractivity contribution in [1.29, 1.82) is 0 Å². The number of amides is 1. The highest BCUT2D eigenvalue weighted by atomic mass is 16.1. The molecule has 94 valence electrons. The van der Waals surface area contributed by atoms with Crippen molar-refractivity contribution in [1.82, 2.24) is 10.3 Å². The van der Waals surface area contributed by atoms with Crippen LogP contribution in [0, 0.1) is 27.7 Å². The normalized spacial score (nSPS) is 10.7. The molecule has 0 saturated carbocycles. The number of nitrogens with zero attached hydrogens (tertiary/aromatic N) is 1. The monoisotopic (exact) mass is 242 g/mol. The van der Waals surface area contributed by atoms with Gasteiger partial charge in [0.25, 0.3) is 5.91 Å². The quantitative estimate of drug-likeness (QED) is 0.835. The van der Waals surface area contributed by atoms with Gasteiger partial charge >= 0.3 is 0 Å². The van der Waals surface area contributed by atoms with E-state index in [1.807, 2.05) is 6.07 Å². The van der Waals surface area contributed by atoms with Crippen molar-refractivity contribution < 1.29 is 4.79 Å². The molecule has 0 atom stereocenters. The summed E-state index contributed by atoms with van der Waals surface area (Å²) in [6, 6.07) is 1.93. The topological polar surface area (TPSA) is 42.0 Å². The van der Waals surface area contributed by atoms with Crippen molar-refractivity contribution in [3.05, 3.63) is 40.1 Å². The third-order valence-corrected chi connectivity index (χ3v) is 3.82. The molecule has 0 bridgehead atoms. The smallest absolute Gasteiger partial charge is 0.252 e. The van der Waals surface area contributed by atoms with E-state index in [2.05, 4.69) is 38.0 Å². The van der Waals surface area contributed by atoms with Crippen LogP contribution in [0.3, 0.4) is 0 Å². The van der Waals surface area contributed by atoms with Gasteiger partial charge in [0, 0.05) is 18.6 Å². The van der Waals surface area contributed by atoms with E-state index in [4.69, 9.17) is 0 Å². The van der Waals surface area contributed by atoms with E-state index >= 15 is 0 Å². The van der Waals surface area contributed by atoms with Gasteiger partial charge in [-0.25, -0.2) is 0 Å². The molecular weight excluding hydrogens is 224 g/mol. The third-order valence-electron chi connectivity index (χ3n) is 3.82. The predicted molar refractivity (Wildman–Crippen MR) is 74.1 cm³/mol. The Kier molecular flexibility index (Phi) is 3.07. The number of rotatable bonds is 1. The molecule has 0 spiro atoms. The number of hydrogen-bond donors (Lipinski definition) is 1. The zero-order chi connectivity index (χ0) is 13.4. The minimum atomic E-state index is -0.0975. The van der Waals surface area contributed by atoms with Crippen molar-refractivity contribution in [3.63, 3.8) is 0 Å². The van der Waals surface area contributed by atoms with Crippen molar-refractivity contribution in [3.8, 4) is 0 Å². The fourth-order valence-electron chi connectivity index (χ4n) is 2.26. The second kappa shape index (κ2) is 4.41. The number of fused-ring (bicyclic) bond motifs is 1. The second-order valence-electron chi connectivity index (χ2n) is 4.70. The van der Waals surface area contributed by atoms with Gasteiger partial charge in [-0.3, -0.25) is 9.78 Å². The summed E-state index contributed by atoms with van der Waals surface area (Å²) in [7, 11) is 1.63. The number of benzene rings is 1. The molecule has 0 aliphatic heterocycles. The van der Waals surface area contributed by atoms with Crippen LogP contribution in [0.1, 0.15) is 32.6 Å². The van der Waals surface area contributed by atoms with E-state index in [0.717, 1.165) is 10.9 Å². The molecule has 1 heterocycles. The van der Waals surface area contributed by atoms with E-state index in [1.54, 1.807) is 13.2 Å². The Hall–Kier alpha value is -1.90. The van der Waals surface area contributed by atoms with Crippen LogP contribution in [-0.2, 0) is 0 Å². The highest BCUT2D eigenvalue weighted by molar-refractivity contribution is 5.98. The molecule has 2 aromatic rings. The number of carbonyl (C=O) groups excluding carboxylic acids is 1. The van der Waals surface area contributed by atoms with Crippen molar-refractivity contribution >= 4 is 16.8 Å². The van der Waals surface area contributed by atoms with Crippen LogP contribution in [0.2, 0.25) is 0 Å². The molecule has 0 saturated heterocycles. The molecule has 1 aromatic carbocycles. The molecule has 0 unspecified atom stereocenters. The van der Waals surface area contributed by atoms with Gasteiger partial charge in [-0.1, -0.05) is 0 Å². The number of aryl methyl sites for hydroxylation is 2. The summed E-state index contributed by atoms with van der Waals surface area (Å²) >= 11 is 0. The summed E-state index contributed by atoms with van der Waals surface area (Å²) < 4.78 is 0. The zero-order valence-corrected chi connectivity index (χ0v) is 11.5. The maximum absolute atomic E-state index is 11.7. The minimum Gasteiger partial charge on any atom is -0.355 e. The Morgan fingerprint density at radius 3 is 2.28 bits per heavy atom. The van der Waals surface area contributed by atoms with E-state index in [-0.39, 0.29) is 5.91 Å². The molecule has 0 aliphatic rings. The first-order valence-electron chi connectivity index (χ1n) is 6.05. The van der Waals surface area contributed by atoms with E-state index < -0.39 is 0 Å². The Morgan fingerprint density at radius 1 is 1.06 bits per heavy atom. The fourth-order valence-corrected chi connectivity index (χ4v) is 2.26. The molecule has 1 N–H and O–H groups in total. The molecular formula is C15H18N2O. The largest absolute Gasteiger partial charge is 0.355 e. The summed E-state index contributed by atoms with van der Waals surface area (Å²) in [4.78, 5) is 16.1. The molecule has 1 amide bonds. The lowest BCUT2D eigenvalue weighted by molar-refractivity contribution is 0.0963. The van der Waals surface area contributed by atoms with Gasteiger partial charge in [0.1, 0.15) is 0 Å². The number of aromatic nitrogens is 1. The Labute approximate surface area is 107 Å². The Bertz CT molecular complexity index is 645. The molecule has 18 heavy (non-hydrogen) atoms. The summed E-state index contributed by atoms with van der Waals surface area (Å²) in [6.07, 6.45) is 1.64. The average Bonchev–Trinajstić information content (AvgIpc) is 2.41. The van der Waals surface area contributed by atoms with Gasteiger partial charge in [0.15, 0.2) is 0 Å². The lowest BCUT2D eigenvalue weighted by Gasteiger charge is -2.13. The van der Waals surface area contributed by atoms with Crippen LogP contribution in [0.15, 0.2) is 12.3 Å². The minimum absolute atomic E-state index is 0.0975. The molecule has 0 radical (unpaired) electrons. The molecule has 3 heteroatoms. The predicted octanol–water partition coefficient (Wildman–Crippen LogP) is 2.83. The van der Waals surface area contributed by atoms with Crippen molar-refractivity contribution in [2.24, 2.45) is 0 Å². The summed E-state index contributed by atoms with van der Waals surface area (Å²) in [5, 5.41) is 3.69. The number of pyridine rings is 1. The van der Waals surface area contributed by atoms with Gasteiger partial charge < -0.3 is 5.32 Å². The first-order valence-corrected chi connectivity index (χ1v) is 6.05. The maximum atomic E-state index is 11.7. The summed E-state index contributed by atoms with van der Waals surface area (Å²) in [5.74, 6) is -0.0975. The van der Waals surface area contributed by atoms with E-state index in [0.29, 0.717) is 5.56 Å². The van der Waals surface area contributed by atoms with Crippen LogP contribution in [0.5, 0.6) is 0 Å². The average molecular weight is 242 g/mol. The molecule has 0 aliphatic carbocycles. The fraction of sp³-hybridized carbons (Fsp3) is 0.333. The van der Waals surface area contributed by atoms with E-state index in [1.165, 1.54) is 22.3 Å². The van der Waals surface area contributed by atoms with Crippen LogP contribution < -0.4 is 5.32 Å². The first-order chi connectivity index (χ1) is 8.47. The zero-order valence-electron chi connectivity index (χ0n) is 11.5. The van der Waals surface area contributed by atoms with Crippen molar-refractivity contribution in [2.75, 3.05) is 7.05 Å². The van der Waals surface area contributed by atoms with Gasteiger partial charge in [-0.2, -0.15) is 0 Å². The maximum Gasteiger partial charge on any atom is 0.252 e. The summed E-state index contributed by atoms with van der Waals surface area (Å²) in [6.45, 7) is 8.39. The van der Waals surface area contributed by atoms with Crippen LogP contribution in [0.4, 0.5) is 0 Å². The number of carbonyl (C=O) groups is 1. The number of nitrogens with one attached hydrogen (secondary N) is 1. The van der Waals surface area contributed by atoms with Crippen LogP contribution in [-0.4, -0.2) is 17.9 Å². The standard InChI is InChI=1S/C15H18N2O/c1-8-9(2)11(4)14-13(10(8)3)6-12(7-17-14)15(18)16-5/h6-7H,1-5H3,(H,16,18). The van der Waals surface area contributed by atoms with Gasteiger partial charge in [0.2, 0.25) is 0 Å². The number of hydrogen-bond acceptors (Lipinski definition) is 2. The summed E-state index contributed by atoms with van der Waals surface area (Å²) in [5.41, 5.74) is 6.54. The van der Waals surface area contributed by atoms with Crippen molar-refractivity contribution in [2.45, 2.75) is 27.7 Å². The van der Waals surface area contributed by atoms with E-state index in [9.17, 15) is 4.79 Å². The first kappa shape index (κ1) is 12.6. The Balaban J connectivity index is 2.82. The highest BCUT2D eigenvalue weighted by Gasteiger charge is 2.12. The SMILES string of the molecule is CNC(=O)c1cnc2c(C)c(C)c(C)c(C)c2c1. The van der Waals surface area contributed by atoms with Gasteiger partial charge in [-0.05, 0) is 56.0 Å². The van der Waals surface area contributed by atoms with Gasteiger partial charge in [0.05, 0.1) is 11.1 Å². The molecule has 0 fully saturated rings.